The predicted octanol–water partition coefficient (Wildman–Crippen LogP) is 2.73. The van der Waals surface area contributed by atoms with Crippen molar-refractivity contribution < 1.29 is 19.1 Å². The number of nitrogens with zero attached hydrogens (tertiary/aromatic N) is 2. The summed E-state index contributed by atoms with van der Waals surface area (Å²) in [6, 6.07) is 11.3. The zero-order valence-electron chi connectivity index (χ0n) is 21.5. The van der Waals surface area contributed by atoms with Gasteiger partial charge in [0.15, 0.2) is 0 Å². The molecule has 0 fully saturated rings. The summed E-state index contributed by atoms with van der Waals surface area (Å²) in [4.78, 5) is 31.5. The summed E-state index contributed by atoms with van der Waals surface area (Å²) in [5.41, 5.74) is 3.10. The SMILES string of the molecule is CC[C@@]1(OC(=O)[C@H](CCCCNC)NC)C(=O)OCc2c1cc1n(c2=N)Cc2cc3ccccc3nc2-1. The molecule has 0 radical (unpaired) electrons. The summed E-state index contributed by atoms with van der Waals surface area (Å²) >= 11 is 0. The quantitative estimate of drug-likeness (QED) is 0.237. The van der Waals surface area contributed by atoms with Crippen LogP contribution in [0.3, 0.4) is 0 Å². The molecule has 0 amide bonds. The lowest BCUT2D eigenvalue weighted by atomic mass is 9.85. The van der Waals surface area contributed by atoms with Crippen molar-refractivity contribution >= 4 is 22.8 Å². The molecule has 0 saturated carbocycles. The Morgan fingerprint density at radius 1 is 1.27 bits per heavy atom. The number of pyridine rings is 2. The highest BCUT2D eigenvalue weighted by Gasteiger charge is 2.50. The fourth-order valence-corrected chi connectivity index (χ4v) is 5.39. The maximum absolute atomic E-state index is 13.3. The molecule has 0 aliphatic carbocycles. The summed E-state index contributed by atoms with van der Waals surface area (Å²) in [5, 5.41) is 16.2. The number of carbonyl (C=O) groups excluding carboxylic acids is 2. The van der Waals surface area contributed by atoms with Gasteiger partial charge in [0, 0.05) is 22.1 Å². The number of hydrogen-bond donors (Lipinski definition) is 3. The van der Waals surface area contributed by atoms with E-state index < -0.39 is 23.6 Å². The topological polar surface area (TPSA) is 118 Å². The number of unbranched alkanes of at least 4 members (excludes halogenated alkanes) is 1. The van der Waals surface area contributed by atoms with Crippen molar-refractivity contribution in [3.05, 3.63) is 58.6 Å². The zero-order chi connectivity index (χ0) is 26.2. The average Bonchev–Trinajstić information content (AvgIpc) is 3.27. The number of aromatic nitrogens is 2. The molecular weight excluding hydrogens is 470 g/mol. The van der Waals surface area contributed by atoms with Crippen LogP contribution < -0.4 is 16.1 Å². The molecule has 0 bridgehead atoms. The second kappa shape index (κ2) is 10.1. The van der Waals surface area contributed by atoms with E-state index in [9.17, 15) is 9.59 Å². The molecule has 0 unspecified atom stereocenters. The van der Waals surface area contributed by atoms with Crippen LogP contribution in [0.5, 0.6) is 0 Å². The molecule has 37 heavy (non-hydrogen) atoms. The van der Waals surface area contributed by atoms with Crippen molar-refractivity contribution in [2.45, 2.75) is 57.4 Å². The molecule has 1 aromatic carbocycles. The molecular formula is C28H33N5O4. The number of likely N-dealkylation sites (N-methyl/N-ethyl adjacent to an activating group) is 1. The van der Waals surface area contributed by atoms with Crippen LogP contribution in [0.2, 0.25) is 0 Å². The first-order valence-electron chi connectivity index (χ1n) is 12.9. The highest BCUT2D eigenvalue weighted by molar-refractivity contribution is 5.89. The molecule has 2 aliphatic rings. The van der Waals surface area contributed by atoms with Crippen LogP contribution in [0.15, 0.2) is 36.4 Å². The summed E-state index contributed by atoms with van der Waals surface area (Å²) in [6.07, 6.45) is 2.55. The number of cyclic esters (lactones) is 1. The number of carbonyl (C=O) groups is 2. The molecule has 0 spiro atoms. The predicted molar refractivity (Wildman–Crippen MR) is 139 cm³/mol. The van der Waals surface area contributed by atoms with Crippen LogP contribution in [-0.2, 0) is 37.8 Å². The maximum Gasteiger partial charge on any atom is 0.355 e. The van der Waals surface area contributed by atoms with Gasteiger partial charge >= 0.3 is 11.9 Å². The van der Waals surface area contributed by atoms with Gasteiger partial charge in [0.1, 0.15) is 18.1 Å². The molecule has 2 aromatic heterocycles. The van der Waals surface area contributed by atoms with E-state index >= 15 is 0 Å². The number of nitrogens with one attached hydrogen (secondary N) is 3. The monoisotopic (exact) mass is 503 g/mol. The first-order chi connectivity index (χ1) is 17.9. The third-order valence-corrected chi connectivity index (χ3v) is 7.51. The largest absolute Gasteiger partial charge is 0.457 e. The third-order valence-electron chi connectivity index (χ3n) is 7.51. The Morgan fingerprint density at radius 2 is 2.08 bits per heavy atom. The van der Waals surface area contributed by atoms with Gasteiger partial charge in [0.25, 0.3) is 0 Å². The second-order valence-electron chi connectivity index (χ2n) is 9.66. The van der Waals surface area contributed by atoms with E-state index in [-0.39, 0.29) is 18.5 Å². The Labute approximate surface area is 215 Å². The molecule has 5 rings (SSSR count). The second-order valence-corrected chi connectivity index (χ2v) is 9.66. The maximum atomic E-state index is 13.3. The minimum absolute atomic E-state index is 0.0300. The average molecular weight is 504 g/mol. The summed E-state index contributed by atoms with van der Waals surface area (Å²) in [5.74, 6) is -1.10. The minimum Gasteiger partial charge on any atom is -0.457 e. The summed E-state index contributed by atoms with van der Waals surface area (Å²) < 4.78 is 13.5. The van der Waals surface area contributed by atoms with Gasteiger partial charge in [-0.3, -0.25) is 10.2 Å². The van der Waals surface area contributed by atoms with Crippen LogP contribution in [0.1, 0.15) is 49.3 Å². The fraction of sp³-hybridized carbons (Fsp3) is 0.429. The third kappa shape index (κ3) is 4.22. The standard InChI is InChI=1S/C28H33N5O4/c1-4-28(37-26(34)22(31-3)11-7-8-12-30-2)20-14-23-24-18(13-17-9-5-6-10-21(17)32-24)15-33(23)25(29)19(20)16-36-27(28)35/h5-6,9-10,13-14,22,29-31H,4,7-8,11-12,15-16H2,1-3H3/t22-,28-/m0/s1. The van der Waals surface area contributed by atoms with E-state index in [0.717, 1.165) is 47.2 Å². The Kier molecular flexibility index (Phi) is 6.83. The van der Waals surface area contributed by atoms with E-state index in [1.807, 2.05) is 41.9 Å². The Bertz CT molecular complexity index is 1430. The van der Waals surface area contributed by atoms with E-state index in [2.05, 4.69) is 16.7 Å². The number of hydrogen-bond acceptors (Lipinski definition) is 8. The van der Waals surface area contributed by atoms with Gasteiger partial charge in [0.05, 0.1) is 23.4 Å². The van der Waals surface area contributed by atoms with Gasteiger partial charge in [-0.15, -0.1) is 0 Å². The number of rotatable bonds is 9. The summed E-state index contributed by atoms with van der Waals surface area (Å²) in [6.45, 7) is 3.15. The highest BCUT2D eigenvalue weighted by atomic mass is 16.6. The van der Waals surface area contributed by atoms with E-state index in [4.69, 9.17) is 19.9 Å². The van der Waals surface area contributed by atoms with Gasteiger partial charge in [-0.2, -0.15) is 0 Å². The van der Waals surface area contributed by atoms with Crippen molar-refractivity contribution in [1.29, 1.82) is 5.41 Å². The Balaban J connectivity index is 1.56. The number of fused-ring (bicyclic) bond motifs is 5. The lowest BCUT2D eigenvalue weighted by Gasteiger charge is -2.37. The van der Waals surface area contributed by atoms with Crippen molar-refractivity contribution in [3.63, 3.8) is 0 Å². The zero-order valence-corrected chi connectivity index (χ0v) is 21.5. The first-order valence-corrected chi connectivity index (χ1v) is 12.9. The van der Waals surface area contributed by atoms with Crippen molar-refractivity contribution in [3.8, 4) is 11.4 Å². The van der Waals surface area contributed by atoms with Crippen molar-refractivity contribution in [2.75, 3.05) is 20.6 Å². The molecule has 3 aromatic rings. The molecule has 4 heterocycles. The Hall–Kier alpha value is -3.56. The number of para-hydroxylation sites is 1. The van der Waals surface area contributed by atoms with Gasteiger partial charge < -0.3 is 24.7 Å². The van der Waals surface area contributed by atoms with E-state index in [0.29, 0.717) is 24.1 Å². The molecule has 2 atom stereocenters. The molecule has 9 nitrogen and oxygen atoms in total. The molecule has 0 saturated heterocycles. The van der Waals surface area contributed by atoms with E-state index in [1.54, 1.807) is 14.0 Å². The normalized spacial score (nSPS) is 18.6. The number of benzene rings is 1. The minimum atomic E-state index is -1.62. The fourth-order valence-electron chi connectivity index (χ4n) is 5.39. The van der Waals surface area contributed by atoms with Crippen LogP contribution in [0.4, 0.5) is 0 Å². The van der Waals surface area contributed by atoms with Crippen LogP contribution >= 0.6 is 0 Å². The van der Waals surface area contributed by atoms with Crippen molar-refractivity contribution in [1.82, 2.24) is 20.2 Å². The smallest absolute Gasteiger partial charge is 0.355 e. The van der Waals surface area contributed by atoms with Gasteiger partial charge in [0.2, 0.25) is 5.60 Å². The lowest BCUT2D eigenvalue weighted by molar-refractivity contribution is -0.190. The number of esters is 2. The van der Waals surface area contributed by atoms with Crippen LogP contribution in [0, 0.1) is 5.41 Å². The first kappa shape index (κ1) is 25.1. The highest BCUT2D eigenvalue weighted by Crippen LogP contribution is 2.41. The lowest BCUT2D eigenvalue weighted by Crippen LogP contribution is -2.50. The van der Waals surface area contributed by atoms with Crippen LogP contribution in [0.25, 0.3) is 22.3 Å². The van der Waals surface area contributed by atoms with Crippen LogP contribution in [-0.4, -0.2) is 48.2 Å². The number of ether oxygens (including phenoxy) is 2. The molecule has 9 heteroatoms. The molecule has 3 N–H and O–H groups in total. The van der Waals surface area contributed by atoms with Gasteiger partial charge in [-0.05, 0) is 58.1 Å². The van der Waals surface area contributed by atoms with Crippen molar-refractivity contribution in [2.24, 2.45) is 0 Å². The molecule has 194 valence electrons. The molecule has 2 aliphatic heterocycles. The van der Waals surface area contributed by atoms with Gasteiger partial charge in [-0.1, -0.05) is 31.5 Å². The van der Waals surface area contributed by atoms with E-state index in [1.165, 1.54) is 0 Å². The van der Waals surface area contributed by atoms with Gasteiger partial charge in [-0.25, -0.2) is 9.78 Å². The summed E-state index contributed by atoms with van der Waals surface area (Å²) in [7, 11) is 3.61. The Morgan fingerprint density at radius 3 is 2.84 bits per heavy atom.